The Labute approximate surface area is 139 Å². The topological polar surface area (TPSA) is 59.8 Å². The Kier molecular flexibility index (Phi) is 4.12. The van der Waals surface area contributed by atoms with Crippen LogP contribution in [0.3, 0.4) is 0 Å². The van der Waals surface area contributed by atoms with Gasteiger partial charge in [-0.25, -0.2) is 0 Å². The lowest BCUT2D eigenvalue weighted by Crippen LogP contribution is -2.29. The first-order chi connectivity index (χ1) is 10.1. The highest BCUT2D eigenvalue weighted by Crippen LogP contribution is 2.23. The summed E-state index contributed by atoms with van der Waals surface area (Å²) in [7, 11) is 0. The third kappa shape index (κ3) is 2.89. The van der Waals surface area contributed by atoms with Crippen molar-refractivity contribution in [3.63, 3.8) is 0 Å². The highest BCUT2D eigenvalue weighted by Gasteiger charge is 2.23. The van der Waals surface area contributed by atoms with E-state index in [9.17, 15) is 4.79 Å². The van der Waals surface area contributed by atoms with E-state index in [0.717, 1.165) is 40.0 Å². The molecule has 1 unspecified atom stereocenters. The SMILES string of the molecule is CC(NC(=O)c1ccc(Br)cc1Br)c1nnc2n1CCC2. The molecule has 0 aliphatic carbocycles. The normalized spacial score (nSPS) is 14.8. The molecule has 1 aromatic carbocycles. The zero-order valence-electron chi connectivity index (χ0n) is 11.4. The predicted molar refractivity (Wildman–Crippen MR) is 86.1 cm³/mol. The lowest BCUT2D eigenvalue weighted by Gasteiger charge is -2.14. The highest BCUT2D eigenvalue weighted by atomic mass is 79.9. The van der Waals surface area contributed by atoms with Crippen molar-refractivity contribution in [2.75, 3.05) is 0 Å². The highest BCUT2D eigenvalue weighted by molar-refractivity contribution is 9.11. The number of fused-ring (bicyclic) bond motifs is 1. The van der Waals surface area contributed by atoms with Crippen molar-refractivity contribution in [2.45, 2.75) is 32.4 Å². The molecule has 2 aromatic rings. The predicted octanol–water partition coefficient (Wildman–Crippen LogP) is 3.24. The van der Waals surface area contributed by atoms with Crippen LogP contribution in [0.4, 0.5) is 0 Å². The molecular formula is C14H14Br2N4O. The smallest absolute Gasteiger partial charge is 0.253 e. The minimum absolute atomic E-state index is 0.128. The van der Waals surface area contributed by atoms with E-state index in [2.05, 4.69) is 51.9 Å². The van der Waals surface area contributed by atoms with Crippen LogP contribution in [0.1, 0.15) is 41.4 Å². The number of aromatic nitrogens is 3. The molecular weight excluding hydrogens is 400 g/mol. The molecule has 1 aliphatic rings. The summed E-state index contributed by atoms with van der Waals surface area (Å²) >= 11 is 6.79. The summed E-state index contributed by atoms with van der Waals surface area (Å²) in [5, 5.41) is 11.4. The maximum absolute atomic E-state index is 12.4. The number of aryl methyl sites for hydroxylation is 1. The summed E-state index contributed by atoms with van der Waals surface area (Å²) in [6, 6.07) is 5.31. The molecule has 3 rings (SSSR count). The van der Waals surface area contributed by atoms with Gasteiger partial charge in [-0.3, -0.25) is 4.79 Å². The molecule has 1 atom stereocenters. The molecule has 1 aromatic heterocycles. The van der Waals surface area contributed by atoms with E-state index in [1.54, 1.807) is 6.07 Å². The summed E-state index contributed by atoms with van der Waals surface area (Å²) in [6.45, 7) is 2.86. The average molecular weight is 414 g/mol. The second-order valence-electron chi connectivity index (χ2n) is 5.05. The number of nitrogens with one attached hydrogen (secondary N) is 1. The van der Waals surface area contributed by atoms with Gasteiger partial charge in [-0.15, -0.1) is 10.2 Å². The monoisotopic (exact) mass is 412 g/mol. The van der Waals surface area contributed by atoms with E-state index < -0.39 is 0 Å². The molecule has 1 aliphatic heterocycles. The van der Waals surface area contributed by atoms with Crippen LogP contribution in [-0.2, 0) is 13.0 Å². The molecule has 1 amide bonds. The van der Waals surface area contributed by atoms with Crippen molar-refractivity contribution in [3.05, 3.63) is 44.4 Å². The number of halogens is 2. The maximum Gasteiger partial charge on any atom is 0.253 e. The number of rotatable bonds is 3. The van der Waals surface area contributed by atoms with Gasteiger partial charge in [0, 0.05) is 21.9 Å². The fourth-order valence-corrected chi connectivity index (χ4v) is 3.73. The Balaban J connectivity index is 1.77. The average Bonchev–Trinajstić information content (AvgIpc) is 3.00. The van der Waals surface area contributed by atoms with E-state index in [-0.39, 0.29) is 11.9 Å². The molecule has 21 heavy (non-hydrogen) atoms. The second-order valence-corrected chi connectivity index (χ2v) is 6.82. The van der Waals surface area contributed by atoms with Gasteiger partial charge in [0.25, 0.3) is 5.91 Å². The molecule has 0 radical (unpaired) electrons. The van der Waals surface area contributed by atoms with E-state index in [0.29, 0.717) is 5.56 Å². The molecule has 110 valence electrons. The van der Waals surface area contributed by atoms with E-state index >= 15 is 0 Å². The number of hydrogen-bond donors (Lipinski definition) is 1. The van der Waals surface area contributed by atoms with Crippen LogP contribution in [0.2, 0.25) is 0 Å². The van der Waals surface area contributed by atoms with Gasteiger partial charge in [-0.1, -0.05) is 15.9 Å². The number of nitrogens with zero attached hydrogens (tertiary/aromatic N) is 3. The number of carbonyl (C=O) groups is 1. The largest absolute Gasteiger partial charge is 0.342 e. The lowest BCUT2D eigenvalue weighted by atomic mass is 10.2. The fourth-order valence-electron chi connectivity index (χ4n) is 2.51. The standard InChI is InChI=1S/C14H14Br2N4O/c1-8(13-19-18-12-3-2-6-20(12)13)17-14(21)10-5-4-9(15)7-11(10)16/h4-5,7-8H,2-3,6H2,1H3,(H,17,21). The lowest BCUT2D eigenvalue weighted by molar-refractivity contribution is 0.0937. The summed E-state index contributed by atoms with van der Waals surface area (Å²) in [4.78, 5) is 12.4. The van der Waals surface area contributed by atoms with Crippen LogP contribution >= 0.6 is 31.9 Å². The van der Waals surface area contributed by atoms with Gasteiger partial charge in [0.05, 0.1) is 11.6 Å². The van der Waals surface area contributed by atoms with Crippen molar-refractivity contribution >= 4 is 37.8 Å². The van der Waals surface area contributed by atoms with Crippen LogP contribution in [0.25, 0.3) is 0 Å². The summed E-state index contributed by atoms with van der Waals surface area (Å²) in [5.74, 6) is 1.71. The Morgan fingerprint density at radius 2 is 2.19 bits per heavy atom. The van der Waals surface area contributed by atoms with E-state index in [1.807, 2.05) is 19.1 Å². The van der Waals surface area contributed by atoms with Gasteiger partial charge in [-0.05, 0) is 47.5 Å². The second kappa shape index (κ2) is 5.88. The quantitative estimate of drug-likeness (QED) is 0.840. The number of hydrogen-bond acceptors (Lipinski definition) is 3. The van der Waals surface area contributed by atoms with Gasteiger partial charge in [0.2, 0.25) is 0 Å². The van der Waals surface area contributed by atoms with Crippen LogP contribution in [0.5, 0.6) is 0 Å². The molecule has 7 heteroatoms. The zero-order valence-corrected chi connectivity index (χ0v) is 14.6. The number of benzene rings is 1. The Morgan fingerprint density at radius 1 is 1.38 bits per heavy atom. The van der Waals surface area contributed by atoms with Crippen molar-refractivity contribution in [1.82, 2.24) is 20.1 Å². The Morgan fingerprint density at radius 3 is 2.95 bits per heavy atom. The van der Waals surface area contributed by atoms with Crippen LogP contribution in [0.15, 0.2) is 27.1 Å². The molecule has 2 heterocycles. The zero-order chi connectivity index (χ0) is 15.0. The third-order valence-corrected chi connectivity index (χ3v) is 4.70. The first-order valence-electron chi connectivity index (χ1n) is 6.74. The third-order valence-electron chi connectivity index (χ3n) is 3.55. The molecule has 0 saturated heterocycles. The van der Waals surface area contributed by atoms with Gasteiger partial charge < -0.3 is 9.88 Å². The first kappa shape index (κ1) is 14.7. The minimum Gasteiger partial charge on any atom is -0.342 e. The summed E-state index contributed by atoms with van der Waals surface area (Å²) in [5.41, 5.74) is 0.603. The Hall–Kier alpha value is -1.21. The minimum atomic E-state index is -0.174. The number of amides is 1. The molecule has 0 saturated carbocycles. The maximum atomic E-state index is 12.4. The molecule has 0 fully saturated rings. The van der Waals surface area contributed by atoms with Crippen LogP contribution in [0, 0.1) is 0 Å². The van der Waals surface area contributed by atoms with Crippen molar-refractivity contribution in [2.24, 2.45) is 0 Å². The van der Waals surface area contributed by atoms with Gasteiger partial charge in [-0.2, -0.15) is 0 Å². The van der Waals surface area contributed by atoms with Crippen molar-refractivity contribution in [3.8, 4) is 0 Å². The van der Waals surface area contributed by atoms with Crippen LogP contribution < -0.4 is 5.32 Å². The summed E-state index contributed by atoms with van der Waals surface area (Å²) < 4.78 is 3.78. The first-order valence-corrected chi connectivity index (χ1v) is 8.33. The van der Waals surface area contributed by atoms with Crippen LogP contribution in [-0.4, -0.2) is 20.7 Å². The Bertz CT molecular complexity index is 698. The van der Waals surface area contributed by atoms with Gasteiger partial charge in [0.1, 0.15) is 5.82 Å². The molecule has 1 N–H and O–H groups in total. The summed E-state index contributed by atoms with van der Waals surface area (Å²) in [6.07, 6.45) is 2.06. The number of carbonyl (C=O) groups excluding carboxylic acids is 1. The van der Waals surface area contributed by atoms with E-state index in [1.165, 1.54) is 0 Å². The molecule has 5 nitrogen and oxygen atoms in total. The van der Waals surface area contributed by atoms with Gasteiger partial charge >= 0.3 is 0 Å². The van der Waals surface area contributed by atoms with Crippen molar-refractivity contribution < 1.29 is 4.79 Å². The van der Waals surface area contributed by atoms with Gasteiger partial charge in [0.15, 0.2) is 5.82 Å². The molecule has 0 spiro atoms. The van der Waals surface area contributed by atoms with E-state index in [4.69, 9.17) is 0 Å². The fraction of sp³-hybridized carbons (Fsp3) is 0.357. The molecule has 0 bridgehead atoms. The van der Waals surface area contributed by atoms with Crippen molar-refractivity contribution in [1.29, 1.82) is 0 Å².